The summed E-state index contributed by atoms with van der Waals surface area (Å²) in [4.78, 5) is 11.7. The molecule has 1 fully saturated rings. The van der Waals surface area contributed by atoms with Gasteiger partial charge in [-0.2, -0.15) is 0 Å². The summed E-state index contributed by atoms with van der Waals surface area (Å²) in [7, 11) is -3.55. The highest BCUT2D eigenvalue weighted by Gasteiger charge is 2.23. The number of aromatic nitrogens is 1. The molecule has 0 radical (unpaired) electrons. The summed E-state index contributed by atoms with van der Waals surface area (Å²) in [6.07, 6.45) is 1.87. The van der Waals surface area contributed by atoms with E-state index in [0.717, 1.165) is 12.8 Å². The van der Waals surface area contributed by atoms with Crippen LogP contribution in [0.15, 0.2) is 4.52 Å². The molecule has 1 aromatic heterocycles. The van der Waals surface area contributed by atoms with Crippen molar-refractivity contribution in [1.29, 1.82) is 0 Å². The summed E-state index contributed by atoms with van der Waals surface area (Å²) in [6, 6.07) is 0. The lowest BCUT2D eigenvalue weighted by Crippen LogP contribution is -2.36. The summed E-state index contributed by atoms with van der Waals surface area (Å²) in [6.45, 7) is 4.39. The van der Waals surface area contributed by atoms with Crippen molar-refractivity contribution in [2.45, 2.75) is 38.5 Å². The van der Waals surface area contributed by atoms with Crippen LogP contribution >= 0.6 is 0 Å². The predicted molar refractivity (Wildman–Crippen MR) is 75.5 cm³/mol. The van der Waals surface area contributed by atoms with Crippen LogP contribution in [0.4, 0.5) is 0 Å². The first-order valence-electron chi connectivity index (χ1n) is 6.88. The predicted octanol–water partition coefficient (Wildman–Crippen LogP) is 0.501. The first kappa shape index (κ1) is 16.0. The topological polar surface area (TPSA) is 98.5 Å². The second kappa shape index (κ2) is 6.57. The zero-order chi connectivity index (χ0) is 15.5. The van der Waals surface area contributed by atoms with Gasteiger partial charge in [-0.25, -0.2) is 8.42 Å². The molecule has 2 rings (SSSR count). The lowest BCUT2D eigenvalue weighted by molar-refractivity contribution is -0.119. The minimum atomic E-state index is -3.55. The number of hydrogen-bond donors (Lipinski definition) is 1. The zero-order valence-corrected chi connectivity index (χ0v) is 13.0. The average Bonchev–Trinajstić information content (AvgIpc) is 3.01. The van der Waals surface area contributed by atoms with E-state index in [2.05, 4.69) is 10.5 Å². The van der Waals surface area contributed by atoms with Crippen LogP contribution in [0.5, 0.6) is 0 Å². The molecule has 0 bridgehead atoms. The van der Waals surface area contributed by atoms with Crippen molar-refractivity contribution in [2.75, 3.05) is 18.9 Å². The van der Waals surface area contributed by atoms with E-state index in [0.29, 0.717) is 30.2 Å². The number of sulfone groups is 1. The Hall–Kier alpha value is -1.41. The molecule has 21 heavy (non-hydrogen) atoms. The van der Waals surface area contributed by atoms with Crippen LogP contribution in [0.25, 0.3) is 0 Å². The van der Waals surface area contributed by atoms with Crippen LogP contribution in [-0.4, -0.2) is 44.5 Å². The molecule has 1 N–H and O–H groups in total. The van der Waals surface area contributed by atoms with Crippen molar-refractivity contribution in [2.24, 2.45) is 0 Å². The summed E-state index contributed by atoms with van der Waals surface area (Å²) in [5.41, 5.74) is 1.07. The van der Waals surface area contributed by atoms with E-state index >= 15 is 0 Å². The Bertz CT molecular complexity index is 583. The number of carbonyl (C=O) groups excluding carboxylic acids is 1. The molecule has 118 valence electrons. The molecule has 1 aromatic rings. The summed E-state index contributed by atoms with van der Waals surface area (Å²) >= 11 is 0. The molecule has 1 atom stereocenters. The SMILES string of the molecule is Cc1noc(C)c1CS(=O)(=O)CC(=O)NC[C@@H]1CCCO1. The van der Waals surface area contributed by atoms with Crippen molar-refractivity contribution in [3.63, 3.8) is 0 Å². The van der Waals surface area contributed by atoms with Crippen molar-refractivity contribution in [1.82, 2.24) is 10.5 Å². The maximum atomic E-state index is 12.0. The number of amides is 1. The lowest BCUT2D eigenvalue weighted by atomic mass is 10.2. The number of carbonyl (C=O) groups is 1. The van der Waals surface area contributed by atoms with E-state index in [1.54, 1.807) is 13.8 Å². The first-order valence-corrected chi connectivity index (χ1v) is 8.70. The Labute approximate surface area is 123 Å². The molecule has 0 aliphatic carbocycles. The van der Waals surface area contributed by atoms with Gasteiger partial charge in [-0.15, -0.1) is 0 Å². The van der Waals surface area contributed by atoms with E-state index in [1.807, 2.05) is 0 Å². The third-order valence-electron chi connectivity index (χ3n) is 3.45. The van der Waals surface area contributed by atoms with Crippen LogP contribution < -0.4 is 5.32 Å². The second-order valence-corrected chi connectivity index (χ2v) is 7.34. The van der Waals surface area contributed by atoms with E-state index in [4.69, 9.17) is 9.26 Å². The number of ether oxygens (including phenoxy) is 1. The van der Waals surface area contributed by atoms with Crippen LogP contribution in [0.1, 0.15) is 29.9 Å². The minimum absolute atomic E-state index is 0.000725. The molecule has 1 aliphatic rings. The Morgan fingerprint density at radius 1 is 1.43 bits per heavy atom. The molecule has 0 spiro atoms. The highest BCUT2D eigenvalue weighted by Crippen LogP contribution is 2.16. The van der Waals surface area contributed by atoms with E-state index in [9.17, 15) is 13.2 Å². The second-order valence-electron chi connectivity index (χ2n) is 5.27. The molecular weight excluding hydrogens is 296 g/mol. The van der Waals surface area contributed by atoms with Gasteiger partial charge in [0.05, 0.1) is 17.6 Å². The van der Waals surface area contributed by atoms with Gasteiger partial charge < -0.3 is 14.6 Å². The van der Waals surface area contributed by atoms with E-state index in [1.165, 1.54) is 0 Å². The van der Waals surface area contributed by atoms with Gasteiger partial charge in [0, 0.05) is 18.7 Å². The molecule has 1 amide bonds. The van der Waals surface area contributed by atoms with Crippen molar-refractivity contribution < 1.29 is 22.5 Å². The Kier molecular flexibility index (Phi) is 5.00. The number of nitrogens with one attached hydrogen (secondary N) is 1. The van der Waals surface area contributed by atoms with E-state index in [-0.39, 0.29) is 11.9 Å². The number of aryl methyl sites for hydroxylation is 2. The Balaban J connectivity index is 1.86. The highest BCUT2D eigenvalue weighted by molar-refractivity contribution is 7.91. The van der Waals surface area contributed by atoms with Gasteiger partial charge in [-0.1, -0.05) is 5.16 Å². The maximum Gasteiger partial charge on any atom is 0.235 e. The third kappa shape index (κ3) is 4.53. The Morgan fingerprint density at radius 3 is 2.76 bits per heavy atom. The highest BCUT2D eigenvalue weighted by atomic mass is 32.2. The average molecular weight is 316 g/mol. The summed E-state index contributed by atoms with van der Waals surface area (Å²) in [5, 5.41) is 6.32. The van der Waals surface area contributed by atoms with Gasteiger partial charge in [0.2, 0.25) is 5.91 Å². The summed E-state index contributed by atoms with van der Waals surface area (Å²) in [5.74, 6) is -0.807. The molecule has 1 aliphatic heterocycles. The largest absolute Gasteiger partial charge is 0.376 e. The quantitative estimate of drug-likeness (QED) is 0.820. The van der Waals surface area contributed by atoms with E-state index < -0.39 is 21.5 Å². The van der Waals surface area contributed by atoms with Crippen molar-refractivity contribution in [3.05, 3.63) is 17.0 Å². The van der Waals surface area contributed by atoms with Gasteiger partial charge >= 0.3 is 0 Å². The number of rotatable bonds is 6. The van der Waals surface area contributed by atoms with Gasteiger partial charge in [0.1, 0.15) is 11.5 Å². The third-order valence-corrected chi connectivity index (χ3v) is 4.88. The Morgan fingerprint density at radius 2 is 2.19 bits per heavy atom. The number of hydrogen-bond acceptors (Lipinski definition) is 6. The normalized spacial score (nSPS) is 18.9. The molecular formula is C13H20N2O5S. The molecule has 0 aromatic carbocycles. The fourth-order valence-corrected chi connectivity index (χ4v) is 3.72. The van der Waals surface area contributed by atoms with Crippen LogP contribution in [0.3, 0.4) is 0 Å². The fourth-order valence-electron chi connectivity index (χ4n) is 2.26. The van der Waals surface area contributed by atoms with Crippen LogP contribution in [0.2, 0.25) is 0 Å². The van der Waals surface area contributed by atoms with Gasteiger partial charge in [-0.05, 0) is 26.7 Å². The first-order chi connectivity index (χ1) is 9.87. The molecule has 0 unspecified atom stereocenters. The molecule has 8 heteroatoms. The van der Waals surface area contributed by atoms with Crippen molar-refractivity contribution >= 4 is 15.7 Å². The van der Waals surface area contributed by atoms with Gasteiger partial charge in [-0.3, -0.25) is 4.79 Å². The molecule has 1 saturated heterocycles. The van der Waals surface area contributed by atoms with Gasteiger partial charge in [0.15, 0.2) is 9.84 Å². The number of nitrogens with zero attached hydrogens (tertiary/aromatic N) is 1. The lowest BCUT2D eigenvalue weighted by Gasteiger charge is -2.11. The van der Waals surface area contributed by atoms with Crippen LogP contribution in [-0.2, 0) is 25.1 Å². The van der Waals surface area contributed by atoms with Crippen molar-refractivity contribution in [3.8, 4) is 0 Å². The minimum Gasteiger partial charge on any atom is -0.376 e. The fraction of sp³-hybridized carbons (Fsp3) is 0.692. The monoisotopic (exact) mass is 316 g/mol. The van der Waals surface area contributed by atoms with Crippen LogP contribution in [0, 0.1) is 13.8 Å². The van der Waals surface area contributed by atoms with Gasteiger partial charge in [0.25, 0.3) is 0 Å². The summed E-state index contributed by atoms with van der Waals surface area (Å²) < 4.78 is 34.4. The molecule has 7 nitrogen and oxygen atoms in total. The standard InChI is InChI=1S/C13H20N2O5S/c1-9-12(10(2)20-15-9)7-21(17,18)8-13(16)14-6-11-4-3-5-19-11/h11H,3-8H2,1-2H3,(H,14,16)/t11-/m0/s1. The zero-order valence-electron chi connectivity index (χ0n) is 12.2. The maximum absolute atomic E-state index is 12.0. The smallest absolute Gasteiger partial charge is 0.235 e. The molecule has 2 heterocycles. The molecule has 0 saturated carbocycles.